The van der Waals surface area contributed by atoms with Gasteiger partial charge >= 0.3 is 0 Å². The topological polar surface area (TPSA) is 0 Å². The van der Waals surface area contributed by atoms with Gasteiger partial charge in [0, 0.05) is 5.03 Å². The van der Waals surface area contributed by atoms with E-state index >= 15 is 0 Å². The minimum Gasteiger partial charge on any atom is -0.0985 e. The number of hydrogen-bond donors (Lipinski definition) is 0. The second-order valence-corrected chi connectivity index (χ2v) is 3.01. The summed E-state index contributed by atoms with van der Waals surface area (Å²) in [5.41, 5.74) is 1.14. The summed E-state index contributed by atoms with van der Waals surface area (Å²) < 4.78 is 0. The second-order valence-electron chi connectivity index (χ2n) is 2.57. The Kier molecular flexibility index (Phi) is 2.34. The van der Waals surface area contributed by atoms with E-state index in [1.165, 1.54) is 0 Å². The van der Waals surface area contributed by atoms with E-state index in [0.29, 0.717) is 5.92 Å². The van der Waals surface area contributed by atoms with Crippen molar-refractivity contribution in [3.63, 3.8) is 0 Å². The van der Waals surface area contributed by atoms with E-state index in [-0.39, 0.29) is 0 Å². The molecular weight excluding hydrogens is 144 g/mol. The summed E-state index contributed by atoms with van der Waals surface area (Å²) in [6, 6.07) is 0. The fraction of sp³-hybridized carbons (Fsp3) is 0.333. The zero-order chi connectivity index (χ0) is 7.56. The third kappa shape index (κ3) is 1.51. The van der Waals surface area contributed by atoms with Crippen molar-refractivity contribution >= 4 is 11.6 Å². The van der Waals surface area contributed by atoms with Crippen LogP contribution in [-0.4, -0.2) is 0 Å². The third-order valence-corrected chi connectivity index (χ3v) is 2.20. The van der Waals surface area contributed by atoms with Crippen molar-refractivity contribution in [3.05, 3.63) is 35.4 Å². The average molecular weight is 155 g/mol. The molecule has 0 bridgehead atoms. The van der Waals surface area contributed by atoms with Gasteiger partial charge in [-0.3, -0.25) is 0 Å². The molecule has 0 saturated carbocycles. The van der Waals surface area contributed by atoms with Crippen LogP contribution in [0.3, 0.4) is 0 Å². The summed E-state index contributed by atoms with van der Waals surface area (Å²) in [6.45, 7) is 5.79. The summed E-state index contributed by atoms with van der Waals surface area (Å²) in [5, 5.41) is 0.942. The zero-order valence-corrected chi connectivity index (χ0v) is 6.86. The maximum atomic E-state index is 5.91. The van der Waals surface area contributed by atoms with Gasteiger partial charge < -0.3 is 0 Å². The molecule has 10 heavy (non-hydrogen) atoms. The molecule has 0 nitrogen and oxygen atoms in total. The molecule has 1 rings (SSSR count). The summed E-state index contributed by atoms with van der Waals surface area (Å²) in [5.74, 6) is 0.491. The smallest absolute Gasteiger partial charge is 0.0218 e. The molecule has 54 valence electrons. The largest absolute Gasteiger partial charge is 0.0985 e. The molecule has 1 heteroatoms. The second kappa shape index (κ2) is 3.07. The molecule has 0 spiro atoms. The van der Waals surface area contributed by atoms with Crippen molar-refractivity contribution in [2.45, 2.75) is 13.3 Å². The predicted octanol–water partition coefficient (Wildman–Crippen LogP) is 3.26. The minimum absolute atomic E-state index is 0.491. The first kappa shape index (κ1) is 7.62. The molecule has 0 radical (unpaired) electrons. The Morgan fingerprint density at radius 3 is 3.00 bits per heavy atom. The van der Waals surface area contributed by atoms with E-state index in [9.17, 15) is 0 Å². The van der Waals surface area contributed by atoms with Gasteiger partial charge in [0.05, 0.1) is 0 Å². The first-order valence-electron chi connectivity index (χ1n) is 3.43. The van der Waals surface area contributed by atoms with Crippen LogP contribution in [0.2, 0.25) is 0 Å². The number of hydrogen-bond acceptors (Lipinski definition) is 0. The lowest BCUT2D eigenvalue weighted by Crippen LogP contribution is -1.97. The monoisotopic (exact) mass is 154 g/mol. The van der Waals surface area contributed by atoms with Gasteiger partial charge in [0.1, 0.15) is 0 Å². The van der Waals surface area contributed by atoms with Crippen LogP contribution in [0.25, 0.3) is 0 Å². The standard InChI is InChI=1S/C9H11Cl/c1-3-8-5-4-7(2)9(10)6-8/h3,5-7H,1,4H2,2H3. The van der Waals surface area contributed by atoms with E-state index in [2.05, 4.69) is 19.6 Å². The molecule has 0 aromatic carbocycles. The zero-order valence-electron chi connectivity index (χ0n) is 6.10. The van der Waals surface area contributed by atoms with Gasteiger partial charge in [0.25, 0.3) is 0 Å². The van der Waals surface area contributed by atoms with Crippen molar-refractivity contribution in [1.29, 1.82) is 0 Å². The van der Waals surface area contributed by atoms with E-state index in [1.807, 2.05) is 12.2 Å². The Bertz CT molecular complexity index is 199. The predicted molar refractivity (Wildman–Crippen MR) is 46.0 cm³/mol. The first-order valence-corrected chi connectivity index (χ1v) is 3.81. The highest BCUT2D eigenvalue weighted by molar-refractivity contribution is 6.30. The quantitative estimate of drug-likeness (QED) is 0.544. The Hall–Kier alpha value is -0.490. The highest BCUT2D eigenvalue weighted by Crippen LogP contribution is 2.26. The van der Waals surface area contributed by atoms with Gasteiger partial charge in [0.15, 0.2) is 0 Å². The summed E-state index contributed by atoms with van der Waals surface area (Å²) in [4.78, 5) is 0. The van der Waals surface area contributed by atoms with Crippen molar-refractivity contribution in [3.8, 4) is 0 Å². The molecule has 0 aromatic heterocycles. The molecule has 0 fully saturated rings. The Balaban J connectivity index is 2.78. The van der Waals surface area contributed by atoms with Crippen LogP contribution >= 0.6 is 11.6 Å². The summed E-state index contributed by atoms with van der Waals surface area (Å²) in [7, 11) is 0. The van der Waals surface area contributed by atoms with Crippen LogP contribution in [0.1, 0.15) is 13.3 Å². The van der Waals surface area contributed by atoms with Crippen molar-refractivity contribution < 1.29 is 0 Å². The fourth-order valence-corrected chi connectivity index (χ4v) is 1.14. The molecule has 1 aliphatic rings. The van der Waals surface area contributed by atoms with Crippen LogP contribution < -0.4 is 0 Å². The van der Waals surface area contributed by atoms with Gasteiger partial charge in [-0.15, -0.1) is 0 Å². The number of allylic oxidation sites excluding steroid dienone is 5. The molecule has 0 saturated heterocycles. The summed E-state index contributed by atoms with van der Waals surface area (Å²) in [6.07, 6.45) is 7.00. The molecule has 0 heterocycles. The lowest BCUT2D eigenvalue weighted by Gasteiger charge is -2.12. The van der Waals surface area contributed by atoms with Crippen LogP contribution in [0.5, 0.6) is 0 Å². The Morgan fingerprint density at radius 1 is 1.80 bits per heavy atom. The molecule has 0 N–H and O–H groups in total. The van der Waals surface area contributed by atoms with Crippen molar-refractivity contribution in [1.82, 2.24) is 0 Å². The molecule has 0 aliphatic heterocycles. The van der Waals surface area contributed by atoms with Crippen LogP contribution in [-0.2, 0) is 0 Å². The van der Waals surface area contributed by atoms with E-state index in [4.69, 9.17) is 11.6 Å². The molecule has 0 amide bonds. The molecule has 0 aromatic rings. The molecule has 1 unspecified atom stereocenters. The average Bonchev–Trinajstić information content (AvgIpc) is 1.95. The maximum Gasteiger partial charge on any atom is 0.0218 e. The highest BCUT2D eigenvalue weighted by Gasteiger charge is 2.08. The minimum atomic E-state index is 0.491. The van der Waals surface area contributed by atoms with E-state index in [0.717, 1.165) is 17.0 Å². The highest BCUT2D eigenvalue weighted by atomic mass is 35.5. The fourth-order valence-electron chi connectivity index (χ4n) is 0.928. The van der Waals surface area contributed by atoms with Gasteiger partial charge in [-0.1, -0.05) is 37.3 Å². The third-order valence-electron chi connectivity index (χ3n) is 1.72. The van der Waals surface area contributed by atoms with Crippen LogP contribution in [0.15, 0.2) is 35.4 Å². The van der Waals surface area contributed by atoms with Gasteiger partial charge in [0.2, 0.25) is 0 Å². The van der Waals surface area contributed by atoms with Gasteiger partial charge in [-0.05, 0) is 24.0 Å². The number of rotatable bonds is 1. The van der Waals surface area contributed by atoms with Crippen LogP contribution in [0.4, 0.5) is 0 Å². The van der Waals surface area contributed by atoms with Crippen LogP contribution in [0, 0.1) is 5.92 Å². The van der Waals surface area contributed by atoms with Gasteiger partial charge in [-0.25, -0.2) is 0 Å². The van der Waals surface area contributed by atoms with Crippen molar-refractivity contribution in [2.75, 3.05) is 0 Å². The maximum absolute atomic E-state index is 5.91. The van der Waals surface area contributed by atoms with E-state index in [1.54, 1.807) is 0 Å². The SMILES string of the molecule is C=CC1=CCC(C)C(Cl)=C1. The number of halogens is 1. The lowest BCUT2D eigenvalue weighted by atomic mass is 9.98. The Labute approximate surface area is 66.9 Å². The first-order chi connectivity index (χ1) is 4.74. The molecule has 1 atom stereocenters. The summed E-state index contributed by atoms with van der Waals surface area (Å²) >= 11 is 5.91. The normalized spacial score (nSPS) is 25.2. The van der Waals surface area contributed by atoms with Gasteiger partial charge in [-0.2, -0.15) is 0 Å². The molecular formula is C9H11Cl. The van der Waals surface area contributed by atoms with Crippen molar-refractivity contribution in [2.24, 2.45) is 5.92 Å². The lowest BCUT2D eigenvalue weighted by molar-refractivity contribution is 0.718. The van der Waals surface area contributed by atoms with E-state index < -0.39 is 0 Å². The molecule has 1 aliphatic carbocycles. The Morgan fingerprint density at radius 2 is 2.50 bits per heavy atom.